The molecule has 0 aliphatic carbocycles. The van der Waals surface area contributed by atoms with Gasteiger partial charge in [0.25, 0.3) is 0 Å². The van der Waals surface area contributed by atoms with Gasteiger partial charge in [-0.1, -0.05) is 23.4 Å². The number of ether oxygens (including phenoxy) is 1. The molecular formula is C25H27N3O3S. The van der Waals surface area contributed by atoms with E-state index in [9.17, 15) is 4.21 Å². The molecule has 166 valence electrons. The zero-order valence-electron chi connectivity index (χ0n) is 18.7. The molecule has 7 heteroatoms. The molecule has 0 saturated carbocycles. The van der Waals surface area contributed by atoms with Crippen LogP contribution in [0.3, 0.4) is 0 Å². The zero-order valence-corrected chi connectivity index (χ0v) is 19.5. The number of nitrogens with zero attached hydrogens (tertiary/aromatic N) is 2. The van der Waals surface area contributed by atoms with Crippen molar-refractivity contribution in [1.82, 2.24) is 14.9 Å². The van der Waals surface area contributed by atoms with Gasteiger partial charge in [0.05, 0.1) is 28.9 Å². The van der Waals surface area contributed by atoms with E-state index in [4.69, 9.17) is 9.26 Å². The summed E-state index contributed by atoms with van der Waals surface area (Å²) in [5.74, 6) is 0.714. The molecule has 2 heterocycles. The van der Waals surface area contributed by atoms with Gasteiger partial charge in [0.15, 0.2) is 5.58 Å². The summed E-state index contributed by atoms with van der Waals surface area (Å²) in [6.45, 7) is 5.85. The average Bonchev–Trinajstić information content (AvgIpc) is 3.22. The fourth-order valence-corrected chi connectivity index (χ4v) is 4.32. The average molecular weight is 450 g/mol. The quantitative estimate of drug-likeness (QED) is 0.418. The fraction of sp³-hybridized carbons (Fsp3) is 0.280. The summed E-state index contributed by atoms with van der Waals surface area (Å²) in [7, 11) is 0.343. The highest BCUT2D eigenvalue weighted by atomic mass is 32.2. The molecule has 1 N–H and O–H groups in total. The number of rotatable bonds is 7. The second kappa shape index (κ2) is 9.22. The maximum Gasteiger partial charge on any atom is 0.167 e. The molecule has 2 aromatic carbocycles. The Kier molecular flexibility index (Phi) is 6.39. The summed E-state index contributed by atoms with van der Waals surface area (Å²) in [6, 6.07) is 19.2. The Morgan fingerprint density at radius 1 is 1.09 bits per heavy atom. The molecule has 4 rings (SSSR count). The molecule has 0 bridgehead atoms. The lowest BCUT2D eigenvalue weighted by atomic mass is 9.94. The van der Waals surface area contributed by atoms with Crippen molar-refractivity contribution in [3.05, 3.63) is 78.1 Å². The maximum atomic E-state index is 13.1. The molecule has 2 aromatic heterocycles. The predicted octanol–water partition coefficient (Wildman–Crippen LogP) is 5.23. The van der Waals surface area contributed by atoms with Crippen LogP contribution in [0.15, 0.2) is 71.4 Å². The van der Waals surface area contributed by atoms with Crippen LogP contribution in [0.1, 0.15) is 38.1 Å². The maximum absolute atomic E-state index is 13.1. The minimum Gasteiger partial charge on any atom is -0.497 e. The number of methoxy groups -OCH3 is 1. The van der Waals surface area contributed by atoms with Crippen LogP contribution in [-0.2, 0) is 17.4 Å². The van der Waals surface area contributed by atoms with E-state index in [0.29, 0.717) is 12.2 Å². The Hall–Kier alpha value is -3.03. The van der Waals surface area contributed by atoms with Crippen molar-refractivity contribution >= 4 is 22.0 Å². The number of fused-ring (bicyclic) bond motifs is 1. The van der Waals surface area contributed by atoms with Gasteiger partial charge < -0.3 is 9.26 Å². The monoisotopic (exact) mass is 449 g/mol. The molecule has 6 nitrogen and oxygen atoms in total. The standard InChI is InChI=1S/C25H27N3O3S/c1-25(2,3)32(29)28-22(15-17-9-7-8-14-26-17)21-16-18(30-4)12-13-19(21)24-20-10-5-6-11-23(20)31-27-24/h5-14,16,22,28H,15H2,1-4H3. The van der Waals surface area contributed by atoms with E-state index in [1.54, 1.807) is 13.3 Å². The van der Waals surface area contributed by atoms with E-state index >= 15 is 0 Å². The smallest absolute Gasteiger partial charge is 0.167 e. The van der Waals surface area contributed by atoms with Crippen molar-refractivity contribution in [2.45, 2.75) is 38.0 Å². The molecule has 0 saturated heterocycles. The largest absolute Gasteiger partial charge is 0.497 e. The van der Waals surface area contributed by atoms with Crippen LogP contribution < -0.4 is 9.46 Å². The topological polar surface area (TPSA) is 77.2 Å². The highest BCUT2D eigenvalue weighted by molar-refractivity contribution is 7.84. The van der Waals surface area contributed by atoms with Crippen molar-refractivity contribution in [2.75, 3.05) is 7.11 Å². The van der Waals surface area contributed by atoms with Gasteiger partial charge >= 0.3 is 0 Å². The first-order chi connectivity index (χ1) is 15.4. The highest BCUT2D eigenvalue weighted by Crippen LogP contribution is 2.36. The first-order valence-electron chi connectivity index (χ1n) is 10.5. The molecule has 0 aliphatic rings. The van der Waals surface area contributed by atoms with Crippen molar-refractivity contribution in [1.29, 1.82) is 0 Å². The SMILES string of the molecule is COc1ccc(-c2noc3ccccc23)c(C(Cc2ccccn2)NS(=O)C(C)(C)C)c1. The third-order valence-electron chi connectivity index (χ3n) is 5.21. The van der Waals surface area contributed by atoms with Gasteiger partial charge in [-0.25, -0.2) is 8.93 Å². The molecular weight excluding hydrogens is 422 g/mol. The van der Waals surface area contributed by atoms with Crippen LogP contribution in [0.2, 0.25) is 0 Å². The molecule has 0 spiro atoms. The Morgan fingerprint density at radius 2 is 1.88 bits per heavy atom. The fourth-order valence-electron chi connectivity index (χ4n) is 3.50. The summed E-state index contributed by atoms with van der Waals surface area (Å²) in [5.41, 5.74) is 4.18. The number of benzene rings is 2. The number of nitrogens with one attached hydrogen (secondary N) is 1. The number of para-hydroxylation sites is 1. The number of hydrogen-bond donors (Lipinski definition) is 1. The van der Waals surface area contributed by atoms with Gasteiger partial charge in [0.1, 0.15) is 11.4 Å². The van der Waals surface area contributed by atoms with Gasteiger partial charge in [-0.2, -0.15) is 0 Å². The summed E-state index contributed by atoms with van der Waals surface area (Å²) >= 11 is 0. The van der Waals surface area contributed by atoms with Crippen molar-refractivity contribution < 1.29 is 13.5 Å². The van der Waals surface area contributed by atoms with Gasteiger partial charge in [0, 0.05) is 29.3 Å². The van der Waals surface area contributed by atoms with Crippen LogP contribution >= 0.6 is 0 Å². The number of pyridine rings is 1. The van der Waals surface area contributed by atoms with Crippen molar-refractivity contribution in [2.24, 2.45) is 0 Å². The second-order valence-electron chi connectivity index (χ2n) is 8.56. The Morgan fingerprint density at radius 3 is 2.59 bits per heavy atom. The molecule has 32 heavy (non-hydrogen) atoms. The van der Waals surface area contributed by atoms with Gasteiger partial charge in [0.2, 0.25) is 0 Å². The van der Waals surface area contributed by atoms with E-state index in [-0.39, 0.29) is 6.04 Å². The van der Waals surface area contributed by atoms with Crippen LogP contribution in [-0.4, -0.2) is 26.2 Å². The first kappa shape index (κ1) is 22.2. The van der Waals surface area contributed by atoms with Gasteiger partial charge in [-0.15, -0.1) is 0 Å². The van der Waals surface area contributed by atoms with Crippen LogP contribution in [0.25, 0.3) is 22.2 Å². The summed E-state index contributed by atoms with van der Waals surface area (Å²) in [5, 5.41) is 5.29. The summed E-state index contributed by atoms with van der Waals surface area (Å²) in [4.78, 5) is 4.49. The molecule has 0 radical (unpaired) electrons. The number of hydrogen-bond acceptors (Lipinski definition) is 5. The highest BCUT2D eigenvalue weighted by Gasteiger charge is 2.27. The van der Waals surface area contributed by atoms with Gasteiger partial charge in [-0.05, 0) is 68.8 Å². The normalized spacial score (nSPS) is 13.8. The lowest BCUT2D eigenvalue weighted by Crippen LogP contribution is -2.36. The third kappa shape index (κ3) is 4.74. The van der Waals surface area contributed by atoms with Crippen LogP contribution in [0.4, 0.5) is 0 Å². The van der Waals surface area contributed by atoms with Crippen LogP contribution in [0, 0.1) is 0 Å². The first-order valence-corrected chi connectivity index (χ1v) is 11.6. The summed E-state index contributed by atoms with van der Waals surface area (Å²) < 4.78 is 27.1. The molecule has 2 atom stereocenters. The molecule has 0 amide bonds. The Bertz CT molecular complexity index is 1230. The lowest BCUT2D eigenvalue weighted by molar-refractivity contribution is 0.413. The van der Waals surface area contributed by atoms with E-state index in [1.807, 2.05) is 81.4 Å². The molecule has 2 unspecified atom stereocenters. The number of aromatic nitrogens is 2. The predicted molar refractivity (Wildman–Crippen MR) is 128 cm³/mol. The zero-order chi connectivity index (χ0) is 22.7. The van der Waals surface area contributed by atoms with Crippen molar-refractivity contribution in [3.63, 3.8) is 0 Å². The molecule has 0 aliphatic heterocycles. The second-order valence-corrected chi connectivity index (χ2v) is 10.6. The van der Waals surface area contributed by atoms with E-state index < -0.39 is 15.7 Å². The van der Waals surface area contributed by atoms with Crippen molar-refractivity contribution in [3.8, 4) is 17.0 Å². The van der Waals surface area contributed by atoms with Gasteiger partial charge in [-0.3, -0.25) is 4.98 Å². The molecule has 0 fully saturated rings. The van der Waals surface area contributed by atoms with E-state index in [2.05, 4.69) is 14.9 Å². The lowest BCUT2D eigenvalue weighted by Gasteiger charge is -2.26. The summed E-state index contributed by atoms with van der Waals surface area (Å²) in [6.07, 6.45) is 2.32. The minimum absolute atomic E-state index is 0.287. The minimum atomic E-state index is -1.29. The third-order valence-corrected chi connectivity index (χ3v) is 6.82. The van der Waals surface area contributed by atoms with Crippen LogP contribution in [0.5, 0.6) is 5.75 Å². The molecule has 4 aromatic rings. The Balaban J connectivity index is 1.86. The van der Waals surface area contributed by atoms with E-state index in [0.717, 1.165) is 33.5 Å². The van der Waals surface area contributed by atoms with E-state index in [1.165, 1.54) is 0 Å². The Labute approximate surface area is 190 Å².